The van der Waals surface area contributed by atoms with E-state index in [0.29, 0.717) is 11.3 Å². The van der Waals surface area contributed by atoms with Crippen molar-refractivity contribution in [1.82, 2.24) is 0 Å². The van der Waals surface area contributed by atoms with Crippen molar-refractivity contribution < 1.29 is 23.1 Å². The van der Waals surface area contributed by atoms with E-state index in [4.69, 9.17) is 10.4 Å². The predicted molar refractivity (Wildman–Crippen MR) is 64.2 cm³/mol. The number of benzene rings is 1. The highest BCUT2D eigenvalue weighted by Crippen LogP contribution is 2.38. The lowest BCUT2D eigenvalue weighted by Gasteiger charge is -2.23. The molecule has 2 rings (SSSR count). The number of nitrogens with zero attached hydrogens (tertiary/aromatic N) is 2. The molecule has 1 aliphatic heterocycles. The molecule has 2 unspecified atom stereocenters. The van der Waals surface area contributed by atoms with Crippen LogP contribution in [0.4, 0.5) is 18.9 Å². The lowest BCUT2D eigenvalue weighted by atomic mass is 10.0. The number of carboxylic acid groups (broad SMARTS) is 1. The maximum Gasteiger partial charge on any atom is 0.406 e. The van der Waals surface area contributed by atoms with E-state index in [1.54, 1.807) is 24.3 Å². The third-order valence-corrected chi connectivity index (χ3v) is 3.31. The van der Waals surface area contributed by atoms with Crippen LogP contribution >= 0.6 is 0 Å². The summed E-state index contributed by atoms with van der Waals surface area (Å²) in [5.41, 5.74) is 0.934. The Morgan fingerprint density at radius 3 is 2.70 bits per heavy atom. The van der Waals surface area contributed by atoms with Gasteiger partial charge in [-0.05, 0) is 11.6 Å². The van der Waals surface area contributed by atoms with Gasteiger partial charge in [0.25, 0.3) is 0 Å². The predicted octanol–water partition coefficient (Wildman–Crippen LogP) is 2.38. The molecule has 0 bridgehead atoms. The Kier molecular flexibility index (Phi) is 3.57. The minimum absolute atomic E-state index is 0.0526. The van der Waals surface area contributed by atoms with Gasteiger partial charge < -0.3 is 10.0 Å². The summed E-state index contributed by atoms with van der Waals surface area (Å²) in [4.78, 5) is 12.5. The van der Waals surface area contributed by atoms with Gasteiger partial charge in [0.2, 0.25) is 0 Å². The second kappa shape index (κ2) is 5.04. The monoisotopic (exact) mass is 284 g/mol. The van der Waals surface area contributed by atoms with Gasteiger partial charge in [-0.1, -0.05) is 18.2 Å². The summed E-state index contributed by atoms with van der Waals surface area (Å²) in [6.07, 6.45) is -4.62. The largest absolute Gasteiger partial charge is 0.481 e. The zero-order valence-electron chi connectivity index (χ0n) is 10.3. The number of para-hydroxylation sites is 1. The Bertz CT molecular complexity index is 565. The molecule has 0 amide bonds. The average molecular weight is 284 g/mol. The standard InChI is InChI=1S/C13H11F3N2O2/c14-13(15,16)8(5-17)6-18-7-10(12(19)20)9-3-1-2-4-11(9)18/h1-4,8,10H,6-7H2,(H,19,20). The van der Waals surface area contributed by atoms with Crippen LogP contribution in [-0.4, -0.2) is 30.3 Å². The third-order valence-electron chi connectivity index (χ3n) is 3.31. The zero-order chi connectivity index (χ0) is 14.9. The number of halogens is 3. The number of carboxylic acids is 1. The molecule has 0 saturated heterocycles. The molecule has 1 N–H and O–H groups in total. The van der Waals surface area contributed by atoms with Crippen molar-refractivity contribution in [3.8, 4) is 6.07 Å². The number of carbonyl (C=O) groups is 1. The molecule has 2 atom stereocenters. The van der Waals surface area contributed by atoms with Crippen LogP contribution < -0.4 is 4.90 Å². The topological polar surface area (TPSA) is 64.3 Å². The van der Waals surface area contributed by atoms with Crippen molar-refractivity contribution in [3.63, 3.8) is 0 Å². The van der Waals surface area contributed by atoms with Gasteiger partial charge in [0, 0.05) is 18.8 Å². The van der Waals surface area contributed by atoms with Gasteiger partial charge in [0.15, 0.2) is 5.92 Å². The Hall–Kier alpha value is -2.23. The quantitative estimate of drug-likeness (QED) is 0.925. The molecule has 1 aromatic carbocycles. The summed E-state index contributed by atoms with van der Waals surface area (Å²) in [6.45, 7) is -0.607. The van der Waals surface area contributed by atoms with E-state index in [-0.39, 0.29) is 6.54 Å². The van der Waals surface area contributed by atoms with Gasteiger partial charge in [0.05, 0.1) is 6.07 Å². The average Bonchev–Trinajstić information content (AvgIpc) is 2.73. The van der Waals surface area contributed by atoms with Crippen LogP contribution in [0.25, 0.3) is 0 Å². The molecule has 0 spiro atoms. The fourth-order valence-electron chi connectivity index (χ4n) is 2.31. The summed E-state index contributed by atoms with van der Waals surface area (Å²) in [5.74, 6) is -4.08. The highest BCUT2D eigenvalue weighted by molar-refractivity contribution is 5.82. The number of alkyl halides is 3. The van der Waals surface area contributed by atoms with E-state index in [0.717, 1.165) is 0 Å². The molecule has 0 fully saturated rings. The van der Waals surface area contributed by atoms with Crippen molar-refractivity contribution in [3.05, 3.63) is 29.8 Å². The van der Waals surface area contributed by atoms with E-state index >= 15 is 0 Å². The Labute approximate surface area is 113 Å². The molecule has 1 aliphatic rings. The molecule has 4 nitrogen and oxygen atoms in total. The van der Waals surface area contributed by atoms with Gasteiger partial charge in [-0.25, -0.2) is 0 Å². The SMILES string of the molecule is N#CC(CN1CC(C(=O)O)c2ccccc21)C(F)(F)F. The summed E-state index contributed by atoms with van der Waals surface area (Å²) >= 11 is 0. The van der Waals surface area contributed by atoms with Crippen LogP contribution in [0.3, 0.4) is 0 Å². The maximum atomic E-state index is 12.6. The maximum absolute atomic E-state index is 12.6. The van der Waals surface area contributed by atoms with Crippen molar-refractivity contribution in [1.29, 1.82) is 5.26 Å². The molecule has 1 heterocycles. The van der Waals surface area contributed by atoms with Crippen molar-refractivity contribution in [2.45, 2.75) is 12.1 Å². The Morgan fingerprint density at radius 1 is 1.50 bits per heavy atom. The van der Waals surface area contributed by atoms with Crippen LogP contribution in [0.2, 0.25) is 0 Å². The van der Waals surface area contributed by atoms with E-state index in [1.165, 1.54) is 11.0 Å². The number of aliphatic carboxylic acids is 1. The minimum atomic E-state index is -4.62. The summed E-state index contributed by atoms with van der Waals surface area (Å²) in [7, 11) is 0. The van der Waals surface area contributed by atoms with Crippen LogP contribution in [-0.2, 0) is 4.79 Å². The number of hydrogen-bond donors (Lipinski definition) is 1. The molecule has 0 aromatic heterocycles. The summed E-state index contributed by atoms with van der Waals surface area (Å²) in [6, 6.07) is 7.66. The van der Waals surface area contributed by atoms with Crippen molar-refractivity contribution >= 4 is 11.7 Å². The highest BCUT2D eigenvalue weighted by atomic mass is 19.4. The molecule has 7 heteroatoms. The van der Waals surface area contributed by atoms with Crippen molar-refractivity contribution in [2.75, 3.05) is 18.0 Å². The molecular formula is C13H11F3N2O2. The van der Waals surface area contributed by atoms with E-state index in [1.807, 2.05) is 0 Å². The molecule has 0 saturated carbocycles. The van der Waals surface area contributed by atoms with Crippen LogP contribution in [0.1, 0.15) is 11.5 Å². The van der Waals surface area contributed by atoms with E-state index < -0.39 is 30.5 Å². The van der Waals surface area contributed by atoms with Gasteiger partial charge in [0.1, 0.15) is 5.92 Å². The van der Waals surface area contributed by atoms with Crippen LogP contribution in [0.5, 0.6) is 0 Å². The Balaban J connectivity index is 2.28. The molecule has 106 valence electrons. The second-order valence-electron chi connectivity index (χ2n) is 4.58. The lowest BCUT2D eigenvalue weighted by Crippen LogP contribution is -2.36. The molecule has 20 heavy (non-hydrogen) atoms. The van der Waals surface area contributed by atoms with E-state index in [9.17, 15) is 18.0 Å². The molecule has 0 aliphatic carbocycles. The first kappa shape index (κ1) is 14.2. The fraction of sp³-hybridized carbons (Fsp3) is 0.385. The van der Waals surface area contributed by atoms with Crippen molar-refractivity contribution in [2.24, 2.45) is 5.92 Å². The van der Waals surface area contributed by atoms with Crippen LogP contribution in [0.15, 0.2) is 24.3 Å². The van der Waals surface area contributed by atoms with Gasteiger partial charge in [-0.15, -0.1) is 0 Å². The highest BCUT2D eigenvalue weighted by Gasteiger charge is 2.43. The number of hydrogen-bond acceptors (Lipinski definition) is 3. The van der Waals surface area contributed by atoms with Gasteiger partial charge >= 0.3 is 12.1 Å². The number of rotatable bonds is 3. The first-order valence-electron chi connectivity index (χ1n) is 5.87. The lowest BCUT2D eigenvalue weighted by molar-refractivity contribution is -0.156. The third kappa shape index (κ3) is 2.54. The zero-order valence-corrected chi connectivity index (χ0v) is 10.3. The molecule has 1 aromatic rings. The normalized spacial score (nSPS) is 19.3. The molecular weight excluding hydrogens is 273 g/mol. The molecule has 0 radical (unpaired) electrons. The fourth-order valence-corrected chi connectivity index (χ4v) is 2.31. The summed E-state index contributed by atoms with van der Waals surface area (Å²) < 4.78 is 37.9. The number of nitriles is 1. The Morgan fingerprint density at radius 2 is 2.15 bits per heavy atom. The smallest absolute Gasteiger partial charge is 0.406 e. The van der Waals surface area contributed by atoms with Gasteiger partial charge in [-0.2, -0.15) is 18.4 Å². The first-order chi connectivity index (χ1) is 9.34. The van der Waals surface area contributed by atoms with Gasteiger partial charge in [-0.3, -0.25) is 4.79 Å². The first-order valence-corrected chi connectivity index (χ1v) is 5.87. The minimum Gasteiger partial charge on any atom is -0.481 e. The van der Waals surface area contributed by atoms with Crippen LogP contribution in [0, 0.1) is 17.2 Å². The van der Waals surface area contributed by atoms with E-state index in [2.05, 4.69) is 0 Å². The second-order valence-corrected chi connectivity index (χ2v) is 4.58. The number of anilines is 1. The number of fused-ring (bicyclic) bond motifs is 1. The summed E-state index contributed by atoms with van der Waals surface area (Å²) in [5, 5.41) is 17.7.